The Balaban J connectivity index is 1.88. The van der Waals surface area contributed by atoms with E-state index in [1.807, 2.05) is 20.8 Å². The fourth-order valence-corrected chi connectivity index (χ4v) is 5.11. The van der Waals surface area contributed by atoms with Crippen molar-refractivity contribution in [3.63, 3.8) is 0 Å². The molecule has 0 saturated heterocycles. The van der Waals surface area contributed by atoms with Crippen LogP contribution in [0.1, 0.15) is 55.7 Å². The van der Waals surface area contributed by atoms with Gasteiger partial charge in [-0.1, -0.05) is 28.9 Å². The number of nitrogens with zero attached hydrogens (tertiary/aromatic N) is 1. The Hall–Kier alpha value is -2.53. The SMILES string of the molecule is CC[C@@H]1OC(C)(C)Cc2c1n(C(=O)Nc1cc(C(F)(F)F)cc(C(F)(F)F)c1)c1cccc(Br)c21. The highest BCUT2D eigenvalue weighted by atomic mass is 79.9. The summed E-state index contributed by atoms with van der Waals surface area (Å²) in [6.45, 7) is 5.70. The maximum atomic E-state index is 13.4. The number of carbonyl (C=O) groups excluding carboxylic acids is 1. The second-order valence-electron chi connectivity index (χ2n) is 9.01. The highest BCUT2D eigenvalue weighted by Gasteiger charge is 2.39. The van der Waals surface area contributed by atoms with E-state index in [1.165, 1.54) is 4.57 Å². The Morgan fingerprint density at radius 2 is 1.71 bits per heavy atom. The van der Waals surface area contributed by atoms with E-state index in [1.54, 1.807) is 18.2 Å². The molecule has 188 valence electrons. The van der Waals surface area contributed by atoms with E-state index < -0.39 is 46.9 Å². The minimum atomic E-state index is -5.03. The highest BCUT2D eigenvalue weighted by Crippen LogP contribution is 2.45. The van der Waals surface area contributed by atoms with Crippen LogP contribution < -0.4 is 5.32 Å². The van der Waals surface area contributed by atoms with Crippen molar-refractivity contribution < 1.29 is 35.9 Å². The molecule has 1 aromatic heterocycles. The first-order valence-corrected chi connectivity index (χ1v) is 11.5. The molecule has 4 rings (SSSR count). The lowest BCUT2D eigenvalue weighted by atomic mass is 9.90. The fourth-order valence-electron chi connectivity index (χ4n) is 4.52. The normalized spacial score (nSPS) is 17.9. The summed E-state index contributed by atoms with van der Waals surface area (Å²) in [5, 5.41) is 2.99. The number of halogens is 7. The van der Waals surface area contributed by atoms with Crippen molar-refractivity contribution >= 4 is 38.6 Å². The van der Waals surface area contributed by atoms with Gasteiger partial charge >= 0.3 is 18.4 Å². The van der Waals surface area contributed by atoms with Gasteiger partial charge in [-0.05, 0) is 56.2 Å². The molecule has 1 N–H and O–H groups in total. The number of rotatable bonds is 2. The van der Waals surface area contributed by atoms with Crippen LogP contribution in [0.25, 0.3) is 10.9 Å². The zero-order valence-corrected chi connectivity index (χ0v) is 20.5. The van der Waals surface area contributed by atoms with Gasteiger partial charge in [0.25, 0.3) is 0 Å². The largest absolute Gasteiger partial charge is 0.416 e. The molecule has 0 saturated carbocycles. The quantitative estimate of drug-likeness (QED) is 0.319. The lowest BCUT2D eigenvalue weighted by Crippen LogP contribution is -2.36. The minimum absolute atomic E-state index is 0.0166. The molecule has 0 aliphatic carbocycles. The average Bonchev–Trinajstić information content (AvgIpc) is 3.06. The van der Waals surface area contributed by atoms with Crippen LogP contribution >= 0.6 is 15.9 Å². The first kappa shape index (κ1) is 25.6. The smallest absolute Gasteiger partial charge is 0.366 e. The Morgan fingerprint density at radius 1 is 1.11 bits per heavy atom. The lowest BCUT2D eigenvalue weighted by molar-refractivity contribution is -0.143. The van der Waals surface area contributed by atoms with Gasteiger partial charge in [0, 0.05) is 22.0 Å². The molecule has 3 aromatic rings. The van der Waals surface area contributed by atoms with Gasteiger partial charge in [0.2, 0.25) is 0 Å². The molecule has 0 fully saturated rings. The standard InChI is InChI=1S/C24H21BrF6N2O2/c1-4-18-20-15(11-22(2,3)35-18)19-16(25)6-5-7-17(19)33(20)21(34)32-14-9-12(23(26,27)28)8-13(10-14)24(29,30)31/h5-10,18H,4,11H2,1-3H3,(H,32,34)/t18-/m0/s1. The number of hydrogen-bond acceptors (Lipinski definition) is 2. The summed E-state index contributed by atoms with van der Waals surface area (Å²) in [4.78, 5) is 13.4. The fraction of sp³-hybridized carbons (Fsp3) is 0.375. The Morgan fingerprint density at radius 3 is 2.26 bits per heavy atom. The average molecular weight is 563 g/mol. The number of nitrogens with one attached hydrogen (secondary N) is 1. The van der Waals surface area contributed by atoms with Crippen molar-refractivity contribution in [2.75, 3.05) is 5.32 Å². The summed E-state index contributed by atoms with van der Waals surface area (Å²) >= 11 is 3.51. The number of anilines is 1. The molecule has 2 aromatic carbocycles. The maximum absolute atomic E-state index is 13.4. The van der Waals surface area contributed by atoms with Crippen molar-refractivity contribution in [1.29, 1.82) is 0 Å². The maximum Gasteiger partial charge on any atom is 0.416 e. The van der Waals surface area contributed by atoms with Crippen LogP contribution in [0.3, 0.4) is 0 Å². The van der Waals surface area contributed by atoms with Crippen molar-refractivity contribution in [3.8, 4) is 0 Å². The number of benzene rings is 2. The number of carbonyl (C=O) groups is 1. The Kier molecular flexibility index (Phi) is 6.24. The van der Waals surface area contributed by atoms with Gasteiger partial charge < -0.3 is 10.1 Å². The van der Waals surface area contributed by atoms with Crippen molar-refractivity contribution in [1.82, 2.24) is 4.57 Å². The molecule has 4 nitrogen and oxygen atoms in total. The zero-order chi connectivity index (χ0) is 25.9. The van der Waals surface area contributed by atoms with Gasteiger partial charge in [0.1, 0.15) is 0 Å². The van der Waals surface area contributed by atoms with E-state index in [-0.39, 0.29) is 6.07 Å². The first-order valence-electron chi connectivity index (χ1n) is 10.7. The topological polar surface area (TPSA) is 43.3 Å². The van der Waals surface area contributed by atoms with E-state index in [9.17, 15) is 31.1 Å². The van der Waals surface area contributed by atoms with Gasteiger partial charge in [0.15, 0.2) is 0 Å². The summed E-state index contributed by atoms with van der Waals surface area (Å²) in [5.74, 6) is 0. The number of fused-ring (bicyclic) bond motifs is 3. The molecular formula is C24H21BrF6N2O2. The van der Waals surface area contributed by atoms with E-state index in [4.69, 9.17) is 4.74 Å². The van der Waals surface area contributed by atoms with Crippen molar-refractivity contribution in [3.05, 3.63) is 63.3 Å². The second-order valence-corrected chi connectivity index (χ2v) is 9.86. The van der Waals surface area contributed by atoms with Crippen molar-refractivity contribution in [2.45, 2.75) is 57.7 Å². The van der Waals surface area contributed by atoms with Crippen LogP contribution in [0.15, 0.2) is 40.9 Å². The summed E-state index contributed by atoms with van der Waals surface area (Å²) in [7, 11) is 0. The third-order valence-corrected chi connectivity index (χ3v) is 6.53. The third-order valence-electron chi connectivity index (χ3n) is 5.87. The van der Waals surface area contributed by atoms with Crippen LogP contribution in [-0.2, 0) is 23.5 Å². The second kappa shape index (κ2) is 8.55. The Labute approximate surface area is 205 Å². The number of alkyl halides is 6. The first-order chi connectivity index (χ1) is 16.1. The lowest BCUT2D eigenvalue weighted by Gasteiger charge is -2.36. The predicted molar refractivity (Wildman–Crippen MR) is 122 cm³/mol. The molecule has 1 aliphatic heterocycles. The van der Waals surface area contributed by atoms with E-state index in [2.05, 4.69) is 21.2 Å². The zero-order valence-electron chi connectivity index (χ0n) is 18.9. The molecule has 0 unspecified atom stereocenters. The number of amides is 1. The molecule has 1 amide bonds. The molecule has 0 bridgehead atoms. The molecule has 0 radical (unpaired) electrons. The minimum Gasteiger partial charge on any atom is -0.366 e. The van der Waals surface area contributed by atoms with E-state index in [0.29, 0.717) is 40.7 Å². The summed E-state index contributed by atoms with van der Waals surface area (Å²) in [6, 6.07) is 5.27. The summed E-state index contributed by atoms with van der Waals surface area (Å²) in [5.41, 5.74) is -2.36. The summed E-state index contributed by atoms with van der Waals surface area (Å²) < 4.78 is 87.9. The predicted octanol–water partition coefficient (Wildman–Crippen LogP) is 8.32. The van der Waals surface area contributed by atoms with Gasteiger partial charge in [-0.15, -0.1) is 0 Å². The molecule has 1 aliphatic rings. The third kappa shape index (κ3) is 4.80. The number of ether oxygens (including phenoxy) is 1. The molecule has 1 atom stereocenters. The molecular weight excluding hydrogens is 542 g/mol. The van der Waals surface area contributed by atoms with Crippen molar-refractivity contribution in [2.24, 2.45) is 0 Å². The number of hydrogen-bond donors (Lipinski definition) is 1. The van der Waals surface area contributed by atoms with Gasteiger partial charge in [-0.25, -0.2) is 4.79 Å². The van der Waals surface area contributed by atoms with Gasteiger partial charge in [-0.3, -0.25) is 4.57 Å². The Bertz CT molecular complexity index is 1280. The molecule has 2 heterocycles. The van der Waals surface area contributed by atoms with E-state index in [0.717, 1.165) is 10.9 Å². The molecule has 0 spiro atoms. The van der Waals surface area contributed by atoms with Gasteiger partial charge in [-0.2, -0.15) is 26.3 Å². The van der Waals surface area contributed by atoms with Gasteiger partial charge in [0.05, 0.1) is 34.0 Å². The molecule has 35 heavy (non-hydrogen) atoms. The van der Waals surface area contributed by atoms with Crippen LogP contribution in [0.4, 0.5) is 36.8 Å². The van der Waals surface area contributed by atoms with Crippen LogP contribution in [-0.4, -0.2) is 16.2 Å². The molecule has 11 heteroatoms. The highest BCUT2D eigenvalue weighted by molar-refractivity contribution is 9.10. The van der Waals surface area contributed by atoms with E-state index >= 15 is 0 Å². The van der Waals surface area contributed by atoms with Crippen LogP contribution in [0, 0.1) is 0 Å². The number of aromatic nitrogens is 1. The summed E-state index contributed by atoms with van der Waals surface area (Å²) in [6.07, 6.45) is -9.61. The van der Waals surface area contributed by atoms with Crippen LogP contribution in [0.2, 0.25) is 0 Å². The monoisotopic (exact) mass is 562 g/mol. The van der Waals surface area contributed by atoms with Crippen LogP contribution in [0.5, 0.6) is 0 Å².